The predicted molar refractivity (Wildman–Crippen MR) is 84.3 cm³/mol. The van der Waals surface area contributed by atoms with Gasteiger partial charge in [-0.1, -0.05) is 29.8 Å². The van der Waals surface area contributed by atoms with Gasteiger partial charge in [-0.3, -0.25) is 0 Å². The van der Waals surface area contributed by atoms with Gasteiger partial charge < -0.3 is 0 Å². The van der Waals surface area contributed by atoms with Crippen LogP contribution < -0.4 is 0 Å². The summed E-state index contributed by atoms with van der Waals surface area (Å²) in [6.07, 6.45) is 10.7. The minimum Gasteiger partial charge on any atom is -0.233 e. The molecule has 0 spiro atoms. The van der Waals surface area contributed by atoms with Crippen molar-refractivity contribution in [2.75, 3.05) is 0 Å². The molecule has 0 saturated carbocycles. The molecular formula is C16H15Cl2FN2. The SMILES string of the molecule is F/C1=C/C=CC(Cl)/C=C(/c2nc(Cl)c3c(n2)CCCC3)C1. The molecule has 2 nitrogen and oxygen atoms in total. The molecule has 110 valence electrons. The van der Waals surface area contributed by atoms with Gasteiger partial charge in [0.05, 0.1) is 5.38 Å². The summed E-state index contributed by atoms with van der Waals surface area (Å²) in [5.41, 5.74) is 2.71. The summed E-state index contributed by atoms with van der Waals surface area (Å²) in [7, 11) is 0. The zero-order chi connectivity index (χ0) is 14.8. The van der Waals surface area contributed by atoms with E-state index >= 15 is 0 Å². The lowest BCUT2D eigenvalue weighted by molar-refractivity contribution is 0.618. The van der Waals surface area contributed by atoms with Crippen LogP contribution in [-0.4, -0.2) is 15.3 Å². The molecule has 1 heterocycles. The maximum absolute atomic E-state index is 13.8. The average molecular weight is 325 g/mol. The topological polar surface area (TPSA) is 25.8 Å². The van der Waals surface area contributed by atoms with E-state index in [2.05, 4.69) is 9.97 Å². The number of halogens is 3. The fourth-order valence-corrected chi connectivity index (χ4v) is 3.18. The van der Waals surface area contributed by atoms with Crippen molar-refractivity contribution in [1.82, 2.24) is 9.97 Å². The van der Waals surface area contributed by atoms with Crippen LogP contribution in [0, 0.1) is 0 Å². The quantitative estimate of drug-likeness (QED) is 0.547. The first kappa shape index (κ1) is 14.7. The van der Waals surface area contributed by atoms with Crippen molar-refractivity contribution in [2.24, 2.45) is 0 Å². The summed E-state index contributed by atoms with van der Waals surface area (Å²) in [5, 5.41) is 0.187. The van der Waals surface area contributed by atoms with Crippen molar-refractivity contribution in [2.45, 2.75) is 37.5 Å². The molecule has 1 aromatic heterocycles. The van der Waals surface area contributed by atoms with E-state index in [1.807, 2.05) is 0 Å². The Bertz CT molecular complexity index is 650. The molecule has 0 fully saturated rings. The van der Waals surface area contributed by atoms with Crippen LogP contribution in [0.3, 0.4) is 0 Å². The van der Waals surface area contributed by atoms with E-state index in [9.17, 15) is 4.39 Å². The Hall–Kier alpha value is -1.19. The molecule has 0 aliphatic heterocycles. The molecule has 0 aromatic carbocycles. The molecular weight excluding hydrogens is 310 g/mol. The fraction of sp³-hybridized carbons (Fsp3) is 0.375. The monoisotopic (exact) mass is 324 g/mol. The largest absolute Gasteiger partial charge is 0.233 e. The van der Waals surface area contributed by atoms with Gasteiger partial charge in [-0.15, -0.1) is 11.6 Å². The van der Waals surface area contributed by atoms with E-state index in [-0.39, 0.29) is 17.6 Å². The Morgan fingerprint density at radius 1 is 1.19 bits per heavy atom. The molecule has 1 aromatic rings. The third-order valence-corrected chi connectivity index (χ3v) is 4.30. The molecule has 1 unspecified atom stereocenters. The van der Waals surface area contributed by atoms with E-state index < -0.39 is 0 Å². The third kappa shape index (κ3) is 3.35. The summed E-state index contributed by atoms with van der Waals surface area (Å²) in [4.78, 5) is 8.96. The van der Waals surface area contributed by atoms with E-state index in [1.54, 1.807) is 18.2 Å². The van der Waals surface area contributed by atoms with Gasteiger partial charge in [-0.25, -0.2) is 14.4 Å². The lowest BCUT2D eigenvalue weighted by atomic mass is 9.97. The average Bonchev–Trinajstić information content (AvgIpc) is 2.44. The van der Waals surface area contributed by atoms with Crippen molar-refractivity contribution >= 4 is 28.8 Å². The standard InChI is InChI=1S/C16H15Cl2FN2/c17-11-4-3-5-12(19)9-10(8-11)16-20-14-7-2-1-6-13(14)15(18)21-16/h3-5,8,11H,1-2,6-7,9H2/b4-3?,10-8+,12-5+. The van der Waals surface area contributed by atoms with Gasteiger partial charge in [-0.05, 0) is 31.8 Å². The Kier molecular flexibility index (Phi) is 4.41. The minimum absolute atomic E-state index is 0.142. The summed E-state index contributed by atoms with van der Waals surface area (Å²) in [5.74, 6) is 0.253. The first-order valence-corrected chi connectivity index (χ1v) is 7.88. The van der Waals surface area contributed by atoms with Gasteiger partial charge in [0.1, 0.15) is 11.0 Å². The Labute approximate surface area is 133 Å². The van der Waals surface area contributed by atoms with Crippen LogP contribution in [0.25, 0.3) is 5.57 Å². The number of rotatable bonds is 1. The highest BCUT2D eigenvalue weighted by molar-refractivity contribution is 6.30. The van der Waals surface area contributed by atoms with E-state index in [4.69, 9.17) is 23.2 Å². The normalized spacial score (nSPS) is 26.9. The molecule has 0 N–H and O–H groups in total. The Morgan fingerprint density at radius 3 is 2.86 bits per heavy atom. The minimum atomic E-state index is -0.303. The highest BCUT2D eigenvalue weighted by Gasteiger charge is 2.19. The van der Waals surface area contributed by atoms with Crippen molar-refractivity contribution in [3.05, 3.63) is 52.4 Å². The number of nitrogens with zero attached hydrogens (tertiary/aromatic N) is 2. The molecule has 5 heteroatoms. The smallest absolute Gasteiger partial charge is 0.157 e. The van der Waals surface area contributed by atoms with Crippen LogP contribution in [0.2, 0.25) is 5.15 Å². The third-order valence-electron chi connectivity index (χ3n) is 3.71. The van der Waals surface area contributed by atoms with Crippen LogP contribution in [0.1, 0.15) is 36.3 Å². The number of aromatic nitrogens is 2. The van der Waals surface area contributed by atoms with Gasteiger partial charge in [0.25, 0.3) is 0 Å². The van der Waals surface area contributed by atoms with Crippen molar-refractivity contribution in [1.29, 1.82) is 0 Å². The van der Waals surface area contributed by atoms with E-state index in [0.717, 1.165) is 36.9 Å². The lowest BCUT2D eigenvalue weighted by Gasteiger charge is -2.17. The van der Waals surface area contributed by atoms with E-state index in [0.29, 0.717) is 16.6 Å². The summed E-state index contributed by atoms with van der Waals surface area (Å²) in [6.45, 7) is 0. The zero-order valence-electron chi connectivity index (χ0n) is 11.5. The number of aryl methyl sites for hydroxylation is 1. The van der Waals surface area contributed by atoms with Gasteiger partial charge in [0.15, 0.2) is 5.82 Å². The zero-order valence-corrected chi connectivity index (χ0v) is 13.0. The second kappa shape index (κ2) is 6.29. The molecule has 0 bridgehead atoms. The Balaban J connectivity index is 2.03. The van der Waals surface area contributed by atoms with Gasteiger partial charge in [0, 0.05) is 23.3 Å². The molecule has 2 aliphatic carbocycles. The first-order valence-electron chi connectivity index (χ1n) is 7.07. The van der Waals surface area contributed by atoms with Crippen LogP contribution in [0.5, 0.6) is 0 Å². The second-order valence-electron chi connectivity index (χ2n) is 5.28. The first-order chi connectivity index (χ1) is 10.1. The van der Waals surface area contributed by atoms with Crippen molar-refractivity contribution < 1.29 is 4.39 Å². The summed E-state index contributed by atoms with van der Waals surface area (Å²) in [6, 6.07) is 0. The summed E-state index contributed by atoms with van der Waals surface area (Å²) < 4.78 is 13.8. The van der Waals surface area contributed by atoms with Crippen LogP contribution >= 0.6 is 23.2 Å². The molecule has 0 saturated heterocycles. The molecule has 21 heavy (non-hydrogen) atoms. The van der Waals surface area contributed by atoms with Gasteiger partial charge >= 0.3 is 0 Å². The van der Waals surface area contributed by atoms with Crippen LogP contribution in [-0.2, 0) is 12.8 Å². The maximum atomic E-state index is 13.8. The van der Waals surface area contributed by atoms with Gasteiger partial charge in [-0.2, -0.15) is 0 Å². The predicted octanol–water partition coefficient (Wildman–Crippen LogP) is 4.81. The van der Waals surface area contributed by atoms with Crippen molar-refractivity contribution in [3.63, 3.8) is 0 Å². The highest BCUT2D eigenvalue weighted by atomic mass is 35.5. The molecule has 3 rings (SSSR count). The van der Waals surface area contributed by atoms with Crippen LogP contribution in [0.4, 0.5) is 4.39 Å². The molecule has 1 atom stereocenters. The molecule has 0 radical (unpaired) electrons. The second-order valence-corrected chi connectivity index (χ2v) is 6.14. The van der Waals surface area contributed by atoms with E-state index in [1.165, 1.54) is 6.08 Å². The van der Waals surface area contributed by atoms with Crippen molar-refractivity contribution in [3.8, 4) is 0 Å². The number of allylic oxidation sites excluding steroid dienone is 6. The highest BCUT2D eigenvalue weighted by Crippen LogP contribution is 2.30. The summed E-state index contributed by atoms with van der Waals surface area (Å²) >= 11 is 12.4. The maximum Gasteiger partial charge on any atom is 0.157 e. The number of fused-ring (bicyclic) bond motifs is 1. The number of hydrogen-bond acceptors (Lipinski definition) is 2. The fourth-order valence-electron chi connectivity index (χ4n) is 2.66. The van der Waals surface area contributed by atoms with Gasteiger partial charge in [0.2, 0.25) is 0 Å². The molecule has 0 amide bonds. The molecule has 2 aliphatic rings. The number of hydrogen-bond donors (Lipinski definition) is 0. The van der Waals surface area contributed by atoms with Crippen LogP contribution in [0.15, 0.2) is 30.1 Å². The Morgan fingerprint density at radius 2 is 2.00 bits per heavy atom. The number of alkyl halides is 1. The lowest BCUT2D eigenvalue weighted by Crippen LogP contribution is -2.11.